The molecule has 0 aromatic heterocycles. The maximum atomic E-state index is 13.6. The van der Waals surface area contributed by atoms with Gasteiger partial charge in [0.25, 0.3) is 15.9 Å². The molecule has 0 bridgehead atoms. The molecule has 2 aromatic rings. The summed E-state index contributed by atoms with van der Waals surface area (Å²) in [5.41, 5.74) is 0.417. The number of halogens is 2. The fourth-order valence-electron chi connectivity index (χ4n) is 3.82. The zero-order valence-corrected chi connectivity index (χ0v) is 22.0. The minimum Gasteiger partial charge on any atom is -0.352 e. The summed E-state index contributed by atoms with van der Waals surface area (Å²) in [4.78, 5) is 40.6. The van der Waals surface area contributed by atoms with Crippen molar-refractivity contribution in [3.63, 3.8) is 0 Å². The van der Waals surface area contributed by atoms with Gasteiger partial charge in [0, 0.05) is 28.2 Å². The maximum Gasteiger partial charge on any atom is 0.269 e. The van der Waals surface area contributed by atoms with Crippen LogP contribution in [0, 0.1) is 0 Å². The van der Waals surface area contributed by atoms with Crippen molar-refractivity contribution in [1.29, 1.82) is 0 Å². The van der Waals surface area contributed by atoms with Gasteiger partial charge >= 0.3 is 0 Å². The number of nitrogens with one attached hydrogen (secondary N) is 1. The van der Waals surface area contributed by atoms with Gasteiger partial charge in [-0.1, -0.05) is 55.2 Å². The fourth-order valence-corrected chi connectivity index (χ4v) is 5.85. The van der Waals surface area contributed by atoms with Crippen molar-refractivity contribution < 1.29 is 22.8 Å². The predicted molar refractivity (Wildman–Crippen MR) is 134 cm³/mol. The van der Waals surface area contributed by atoms with Gasteiger partial charge in [-0.05, 0) is 44.0 Å². The highest BCUT2D eigenvalue weighted by atomic mass is 35.5. The molecular weight excluding hydrogens is 513 g/mol. The van der Waals surface area contributed by atoms with Crippen LogP contribution in [0.25, 0.3) is 0 Å². The summed E-state index contributed by atoms with van der Waals surface area (Å²) in [6, 6.07) is 9.58. The first-order valence-electron chi connectivity index (χ1n) is 11.2. The number of carbonyl (C=O) groups excluding carboxylic acids is 3. The Kier molecular flexibility index (Phi) is 8.46. The Balaban J connectivity index is 1.97. The van der Waals surface area contributed by atoms with E-state index in [1.807, 2.05) is 13.8 Å². The standard InChI is InChI=1S/C24H27Cl2N3O5S/c1-4-15(3)27-23(31)20(5-2)28(13-17-18(25)10-8-11-19(17)26)22(30)14-29-24(32)16-9-6-7-12-21(16)35(29,33)34/h6-12,15,20H,4-5,13-14H2,1-3H3,(H,27,31)/t15-,20+/m0/s1. The summed E-state index contributed by atoms with van der Waals surface area (Å²) in [5.74, 6) is -1.91. The molecule has 1 heterocycles. The van der Waals surface area contributed by atoms with Gasteiger partial charge in [-0.3, -0.25) is 14.4 Å². The molecule has 0 saturated heterocycles. The number of rotatable bonds is 9. The van der Waals surface area contributed by atoms with Crippen LogP contribution < -0.4 is 5.32 Å². The summed E-state index contributed by atoms with van der Waals surface area (Å²) in [6.07, 6.45) is 0.933. The molecule has 0 saturated carbocycles. The van der Waals surface area contributed by atoms with E-state index in [1.165, 1.54) is 23.1 Å². The number of hydrogen-bond donors (Lipinski definition) is 1. The van der Waals surface area contributed by atoms with Gasteiger partial charge < -0.3 is 10.2 Å². The first-order valence-corrected chi connectivity index (χ1v) is 13.4. The third-order valence-corrected chi connectivity index (χ3v) is 8.46. The van der Waals surface area contributed by atoms with Gasteiger partial charge in [-0.2, -0.15) is 0 Å². The molecule has 1 aliphatic heterocycles. The van der Waals surface area contributed by atoms with Gasteiger partial charge in [0.2, 0.25) is 11.8 Å². The van der Waals surface area contributed by atoms with Crippen LogP contribution >= 0.6 is 23.2 Å². The van der Waals surface area contributed by atoms with Crippen molar-refractivity contribution in [2.24, 2.45) is 0 Å². The van der Waals surface area contributed by atoms with Crippen LogP contribution in [0.4, 0.5) is 0 Å². The smallest absolute Gasteiger partial charge is 0.269 e. The number of benzene rings is 2. The van der Waals surface area contributed by atoms with Gasteiger partial charge in [0.1, 0.15) is 17.5 Å². The van der Waals surface area contributed by atoms with Crippen molar-refractivity contribution >= 4 is 50.9 Å². The number of hydrogen-bond acceptors (Lipinski definition) is 5. The number of carbonyl (C=O) groups is 3. The van der Waals surface area contributed by atoms with E-state index in [0.717, 1.165) is 0 Å². The largest absolute Gasteiger partial charge is 0.352 e. The van der Waals surface area contributed by atoms with Gasteiger partial charge in [0.05, 0.1) is 5.56 Å². The molecule has 0 unspecified atom stereocenters. The van der Waals surface area contributed by atoms with Crippen molar-refractivity contribution in [2.45, 2.75) is 57.1 Å². The Morgan fingerprint density at radius 1 is 1.03 bits per heavy atom. The minimum absolute atomic E-state index is 0.00236. The topological polar surface area (TPSA) is 104 Å². The van der Waals surface area contributed by atoms with E-state index in [-0.39, 0.29) is 29.5 Å². The van der Waals surface area contributed by atoms with Crippen LogP contribution in [0.5, 0.6) is 0 Å². The summed E-state index contributed by atoms with van der Waals surface area (Å²) in [7, 11) is -4.21. The zero-order valence-electron chi connectivity index (χ0n) is 19.6. The quantitative estimate of drug-likeness (QED) is 0.520. The third kappa shape index (κ3) is 5.47. The van der Waals surface area contributed by atoms with Gasteiger partial charge in [-0.25, -0.2) is 12.7 Å². The lowest BCUT2D eigenvalue weighted by Gasteiger charge is -2.32. The Hall–Kier alpha value is -2.62. The van der Waals surface area contributed by atoms with E-state index in [4.69, 9.17) is 23.2 Å². The lowest BCUT2D eigenvalue weighted by atomic mass is 10.1. The van der Waals surface area contributed by atoms with Crippen molar-refractivity contribution in [3.8, 4) is 0 Å². The van der Waals surface area contributed by atoms with E-state index in [1.54, 1.807) is 31.2 Å². The van der Waals surface area contributed by atoms with Crippen LogP contribution in [-0.4, -0.2) is 54.0 Å². The summed E-state index contributed by atoms with van der Waals surface area (Å²) < 4.78 is 26.5. The van der Waals surface area contributed by atoms with Crippen molar-refractivity contribution in [1.82, 2.24) is 14.5 Å². The Morgan fingerprint density at radius 3 is 2.23 bits per heavy atom. The van der Waals surface area contributed by atoms with Gasteiger partial charge in [-0.15, -0.1) is 0 Å². The highest BCUT2D eigenvalue weighted by Gasteiger charge is 2.43. The average molecular weight is 540 g/mol. The lowest BCUT2D eigenvalue weighted by Crippen LogP contribution is -2.53. The van der Waals surface area contributed by atoms with E-state index < -0.39 is 40.3 Å². The molecule has 1 aliphatic rings. The SMILES string of the molecule is CC[C@H](C(=O)N[C@@H](C)CC)N(Cc1c(Cl)cccc1Cl)C(=O)CN1C(=O)c2ccccc2S1(=O)=O. The molecule has 8 nitrogen and oxygen atoms in total. The molecule has 0 spiro atoms. The summed E-state index contributed by atoms with van der Waals surface area (Å²) >= 11 is 12.7. The van der Waals surface area contributed by atoms with Crippen LogP contribution in [0.15, 0.2) is 47.4 Å². The predicted octanol–water partition coefficient (Wildman–Crippen LogP) is 3.86. The van der Waals surface area contributed by atoms with Crippen LogP contribution in [0.1, 0.15) is 49.5 Å². The maximum absolute atomic E-state index is 13.6. The number of amides is 3. The van der Waals surface area contributed by atoms with E-state index in [2.05, 4.69) is 5.32 Å². The monoisotopic (exact) mass is 539 g/mol. The number of fused-ring (bicyclic) bond motifs is 1. The van der Waals surface area contributed by atoms with E-state index in [9.17, 15) is 22.8 Å². The first kappa shape index (κ1) is 27.0. The molecule has 0 aliphatic carbocycles. The molecular formula is C24H27Cl2N3O5S. The molecule has 3 amide bonds. The molecule has 2 aromatic carbocycles. The van der Waals surface area contributed by atoms with Crippen LogP contribution in [0.2, 0.25) is 10.0 Å². The second-order valence-corrected chi connectivity index (χ2v) is 10.9. The minimum atomic E-state index is -4.21. The van der Waals surface area contributed by atoms with E-state index >= 15 is 0 Å². The third-order valence-electron chi connectivity index (χ3n) is 5.97. The molecule has 11 heteroatoms. The highest BCUT2D eigenvalue weighted by molar-refractivity contribution is 7.90. The fraction of sp³-hybridized carbons (Fsp3) is 0.375. The first-order chi connectivity index (χ1) is 16.5. The number of sulfonamides is 1. The molecule has 0 fully saturated rings. The second kappa shape index (κ2) is 11.0. The van der Waals surface area contributed by atoms with Crippen LogP contribution in [0.3, 0.4) is 0 Å². The van der Waals surface area contributed by atoms with Gasteiger partial charge in [0.15, 0.2) is 0 Å². The lowest BCUT2D eigenvalue weighted by molar-refractivity contribution is -0.141. The molecule has 0 radical (unpaired) electrons. The van der Waals surface area contributed by atoms with Crippen LogP contribution in [-0.2, 0) is 26.2 Å². The zero-order chi connectivity index (χ0) is 25.9. The Labute approximate surface area is 215 Å². The molecule has 188 valence electrons. The van der Waals surface area contributed by atoms with Crippen molar-refractivity contribution in [3.05, 3.63) is 63.6 Å². The summed E-state index contributed by atoms with van der Waals surface area (Å²) in [6.45, 7) is 4.60. The second-order valence-electron chi connectivity index (χ2n) is 8.28. The average Bonchev–Trinajstić information content (AvgIpc) is 3.01. The Bertz CT molecular complexity index is 1230. The molecule has 3 rings (SSSR count). The molecule has 2 atom stereocenters. The molecule has 1 N–H and O–H groups in total. The number of nitrogens with zero attached hydrogens (tertiary/aromatic N) is 2. The highest BCUT2D eigenvalue weighted by Crippen LogP contribution is 2.31. The summed E-state index contributed by atoms with van der Waals surface area (Å²) in [5, 5.41) is 3.46. The Morgan fingerprint density at radius 2 is 1.66 bits per heavy atom. The van der Waals surface area contributed by atoms with Crippen molar-refractivity contribution in [2.75, 3.05) is 6.54 Å². The van der Waals surface area contributed by atoms with E-state index in [0.29, 0.717) is 26.3 Å². The molecule has 35 heavy (non-hydrogen) atoms. The normalized spacial score (nSPS) is 15.9.